The Bertz CT molecular complexity index is 1090. The monoisotopic (exact) mass is 512 g/mol. The lowest BCUT2D eigenvalue weighted by Gasteiger charge is -2.36. The lowest BCUT2D eigenvalue weighted by molar-refractivity contribution is -0.137. The summed E-state index contributed by atoms with van der Waals surface area (Å²) in [4.78, 5) is 19.4. The standard InChI is InChI=1S/C29H35F3N4O/c1-22-4-7-25(8-5-22)36-17-15-34(16-18-36)12-2-3-27(37)19-23-10-13-35(14-11-23)26-9-6-24(21-33)28(20-26)29(30,31)32/h4-9,20,23H,2-3,10-19H2,1H3. The third kappa shape index (κ3) is 7.26. The molecule has 4 rings (SSSR count). The molecule has 2 fully saturated rings. The Morgan fingerprint density at radius 3 is 2.19 bits per heavy atom. The van der Waals surface area contributed by atoms with Crippen LogP contribution >= 0.6 is 0 Å². The van der Waals surface area contributed by atoms with Gasteiger partial charge in [0.15, 0.2) is 0 Å². The lowest BCUT2D eigenvalue weighted by Crippen LogP contribution is -2.46. The van der Waals surface area contributed by atoms with Crippen molar-refractivity contribution in [3.8, 4) is 6.07 Å². The number of hydrogen-bond acceptors (Lipinski definition) is 5. The second kappa shape index (κ2) is 12.0. The van der Waals surface area contributed by atoms with E-state index in [1.165, 1.54) is 17.3 Å². The van der Waals surface area contributed by atoms with Gasteiger partial charge in [-0.2, -0.15) is 18.4 Å². The minimum Gasteiger partial charge on any atom is -0.372 e. The third-order valence-electron chi connectivity index (χ3n) is 7.63. The number of piperazine rings is 1. The summed E-state index contributed by atoms with van der Waals surface area (Å²) < 4.78 is 39.9. The number of nitriles is 1. The molecule has 0 aliphatic carbocycles. The van der Waals surface area contributed by atoms with Crippen LogP contribution in [0.3, 0.4) is 0 Å². The average Bonchev–Trinajstić information content (AvgIpc) is 2.89. The first-order chi connectivity index (χ1) is 17.7. The van der Waals surface area contributed by atoms with Gasteiger partial charge in [0.2, 0.25) is 0 Å². The highest BCUT2D eigenvalue weighted by atomic mass is 19.4. The van der Waals surface area contributed by atoms with Crippen LogP contribution in [0.15, 0.2) is 42.5 Å². The number of aryl methyl sites for hydroxylation is 1. The van der Waals surface area contributed by atoms with Gasteiger partial charge < -0.3 is 9.80 Å². The van der Waals surface area contributed by atoms with Crippen molar-refractivity contribution >= 4 is 17.2 Å². The van der Waals surface area contributed by atoms with Gasteiger partial charge >= 0.3 is 6.18 Å². The molecule has 0 saturated carbocycles. The van der Waals surface area contributed by atoms with E-state index in [0.29, 0.717) is 31.6 Å². The lowest BCUT2D eigenvalue weighted by atomic mass is 9.90. The molecule has 2 aromatic carbocycles. The predicted molar refractivity (Wildman–Crippen MR) is 140 cm³/mol. The first kappa shape index (κ1) is 27.0. The topological polar surface area (TPSA) is 50.6 Å². The molecule has 5 nitrogen and oxygen atoms in total. The molecule has 37 heavy (non-hydrogen) atoms. The van der Waals surface area contributed by atoms with Crippen LogP contribution in [-0.2, 0) is 11.0 Å². The van der Waals surface area contributed by atoms with Gasteiger partial charge in [0.1, 0.15) is 5.78 Å². The number of ketones is 1. The van der Waals surface area contributed by atoms with Crippen molar-refractivity contribution in [1.82, 2.24) is 4.90 Å². The average molecular weight is 513 g/mol. The van der Waals surface area contributed by atoms with Gasteiger partial charge in [-0.3, -0.25) is 9.69 Å². The van der Waals surface area contributed by atoms with Gasteiger partial charge in [0, 0.05) is 63.5 Å². The number of Topliss-reactive ketones (excluding diaryl/α,β-unsaturated/α-hetero) is 1. The van der Waals surface area contributed by atoms with Gasteiger partial charge in [0.05, 0.1) is 17.2 Å². The van der Waals surface area contributed by atoms with E-state index in [-0.39, 0.29) is 17.3 Å². The zero-order valence-electron chi connectivity index (χ0n) is 21.4. The molecule has 0 amide bonds. The van der Waals surface area contributed by atoms with Crippen molar-refractivity contribution in [1.29, 1.82) is 5.26 Å². The second-order valence-electron chi connectivity index (χ2n) is 10.3. The zero-order chi connectivity index (χ0) is 26.4. The molecule has 0 N–H and O–H groups in total. The Hall–Kier alpha value is -3.05. The molecule has 2 aliphatic rings. The molecule has 198 valence electrons. The van der Waals surface area contributed by atoms with Crippen LogP contribution < -0.4 is 9.80 Å². The Morgan fingerprint density at radius 1 is 0.946 bits per heavy atom. The largest absolute Gasteiger partial charge is 0.417 e. The molecule has 0 bridgehead atoms. The van der Waals surface area contributed by atoms with E-state index in [0.717, 1.165) is 58.1 Å². The summed E-state index contributed by atoms with van der Waals surface area (Å²) >= 11 is 0. The smallest absolute Gasteiger partial charge is 0.372 e. The van der Waals surface area contributed by atoms with Crippen molar-refractivity contribution in [2.24, 2.45) is 5.92 Å². The van der Waals surface area contributed by atoms with Crippen molar-refractivity contribution in [3.63, 3.8) is 0 Å². The van der Waals surface area contributed by atoms with E-state index in [1.807, 2.05) is 4.90 Å². The SMILES string of the molecule is Cc1ccc(N2CCN(CCCC(=O)CC3CCN(c4ccc(C#N)c(C(F)(F)F)c4)CC3)CC2)cc1. The molecule has 2 saturated heterocycles. The van der Waals surface area contributed by atoms with Crippen molar-refractivity contribution in [2.45, 2.75) is 45.2 Å². The first-order valence-corrected chi connectivity index (χ1v) is 13.1. The van der Waals surface area contributed by atoms with Gasteiger partial charge in [-0.05, 0) is 69.0 Å². The van der Waals surface area contributed by atoms with E-state index in [2.05, 4.69) is 41.0 Å². The van der Waals surface area contributed by atoms with Crippen LogP contribution in [0.1, 0.15) is 48.8 Å². The fourth-order valence-corrected chi connectivity index (χ4v) is 5.37. The van der Waals surface area contributed by atoms with Crippen LogP contribution in [-0.4, -0.2) is 56.5 Å². The Kier molecular flexibility index (Phi) is 8.75. The third-order valence-corrected chi connectivity index (χ3v) is 7.63. The van der Waals surface area contributed by atoms with Crippen molar-refractivity contribution in [3.05, 3.63) is 59.2 Å². The highest BCUT2D eigenvalue weighted by Crippen LogP contribution is 2.35. The molecule has 8 heteroatoms. The van der Waals surface area contributed by atoms with Gasteiger partial charge in [-0.25, -0.2) is 0 Å². The maximum absolute atomic E-state index is 13.3. The number of alkyl halides is 3. The Balaban J connectivity index is 1.15. The molecule has 2 aromatic rings. The van der Waals surface area contributed by atoms with Crippen molar-refractivity contribution < 1.29 is 18.0 Å². The maximum atomic E-state index is 13.3. The minimum atomic E-state index is -4.56. The number of piperidine rings is 1. The summed E-state index contributed by atoms with van der Waals surface area (Å²) in [7, 11) is 0. The highest BCUT2D eigenvalue weighted by Gasteiger charge is 2.34. The number of nitrogens with zero attached hydrogens (tertiary/aromatic N) is 4. The fourth-order valence-electron chi connectivity index (χ4n) is 5.37. The number of carbonyl (C=O) groups is 1. The molecular weight excluding hydrogens is 477 g/mol. The maximum Gasteiger partial charge on any atom is 0.417 e. The summed E-state index contributed by atoms with van der Waals surface area (Å²) in [5.41, 5.74) is 1.78. The summed E-state index contributed by atoms with van der Waals surface area (Å²) in [6.45, 7) is 8.28. The summed E-state index contributed by atoms with van der Waals surface area (Å²) in [5, 5.41) is 9.00. The van der Waals surface area contributed by atoms with Crippen LogP contribution in [0.25, 0.3) is 0 Å². The molecule has 0 radical (unpaired) electrons. The van der Waals surface area contributed by atoms with E-state index < -0.39 is 11.7 Å². The van der Waals surface area contributed by atoms with Crippen molar-refractivity contribution in [2.75, 3.05) is 55.6 Å². The van der Waals surface area contributed by atoms with Gasteiger partial charge in [-0.15, -0.1) is 0 Å². The summed E-state index contributed by atoms with van der Waals surface area (Å²) in [5.74, 6) is 0.566. The Morgan fingerprint density at radius 2 is 1.57 bits per heavy atom. The number of halogens is 3. The summed E-state index contributed by atoms with van der Waals surface area (Å²) in [6.07, 6.45) is -0.977. The number of rotatable bonds is 8. The normalized spacial score (nSPS) is 17.6. The molecular formula is C29H35F3N4O. The summed E-state index contributed by atoms with van der Waals surface area (Å²) in [6, 6.07) is 14.2. The molecule has 0 spiro atoms. The molecule has 0 unspecified atom stereocenters. The van der Waals surface area contributed by atoms with E-state index >= 15 is 0 Å². The highest BCUT2D eigenvalue weighted by molar-refractivity contribution is 5.78. The number of anilines is 2. The molecule has 2 heterocycles. The van der Waals surface area contributed by atoms with E-state index in [9.17, 15) is 18.0 Å². The molecule has 2 aliphatic heterocycles. The zero-order valence-corrected chi connectivity index (χ0v) is 21.4. The number of benzene rings is 2. The van der Waals surface area contributed by atoms with Gasteiger partial charge in [-0.1, -0.05) is 17.7 Å². The van der Waals surface area contributed by atoms with Crippen LogP contribution in [0.2, 0.25) is 0 Å². The fraction of sp³-hybridized carbons (Fsp3) is 0.517. The quantitative estimate of drug-likeness (QED) is 0.457. The van der Waals surface area contributed by atoms with E-state index in [4.69, 9.17) is 5.26 Å². The Labute approximate surface area is 217 Å². The minimum absolute atomic E-state index is 0.280. The first-order valence-electron chi connectivity index (χ1n) is 13.1. The van der Waals surface area contributed by atoms with Crippen LogP contribution in [0, 0.1) is 24.2 Å². The number of hydrogen-bond donors (Lipinski definition) is 0. The van der Waals surface area contributed by atoms with Crippen LogP contribution in [0.4, 0.5) is 24.5 Å². The number of carbonyl (C=O) groups excluding carboxylic acids is 1. The molecule has 0 atom stereocenters. The van der Waals surface area contributed by atoms with Crippen LogP contribution in [0.5, 0.6) is 0 Å². The van der Waals surface area contributed by atoms with Gasteiger partial charge in [0.25, 0.3) is 0 Å². The van der Waals surface area contributed by atoms with E-state index in [1.54, 1.807) is 12.1 Å². The second-order valence-corrected chi connectivity index (χ2v) is 10.3. The molecule has 0 aromatic heterocycles. The predicted octanol–water partition coefficient (Wildman–Crippen LogP) is 5.66.